The summed E-state index contributed by atoms with van der Waals surface area (Å²) in [6.07, 6.45) is 31.8. The summed E-state index contributed by atoms with van der Waals surface area (Å²) in [5, 5.41) is 30.9. The van der Waals surface area contributed by atoms with Crippen LogP contribution in [0.2, 0.25) is 0 Å². The van der Waals surface area contributed by atoms with E-state index in [1.807, 2.05) is 0 Å². The fraction of sp³-hybridized carbons (Fsp3) is 0.826. The molecule has 6 unspecified atom stereocenters. The minimum Gasteiger partial charge on any atom is -0.462 e. The summed E-state index contributed by atoms with van der Waals surface area (Å²) in [6.45, 7) is 3.71. The monoisotopic (exact) mass is 859 g/mol. The number of ether oxygens (including phenoxy) is 4. The SMILES string of the molecule is CCCCCC/C=C\C/C=C\CCCCCCCCCC(=O)OC(COC(=O)CCCCCCC/C=C\CCCCCC)COC1OC(CS(=O)(=O)O)C(O)C(O)C1O. The molecule has 0 radical (unpaired) electrons. The molecule has 12 nitrogen and oxygen atoms in total. The average Bonchev–Trinajstić information content (AvgIpc) is 3.20. The lowest BCUT2D eigenvalue weighted by molar-refractivity contribution is -0.297. The van der Waals surface area contributed by atoms with Crippen LogP contribution in [0, 0.1) is 0 Å². The third-order valence-electron chi connectivity index (χ3n) is 10.4. The lowest BCUT2D eigenvalue weighted by atomic mass is 10.00. The first-order valence-electron chi connectivity index (χ1n) is 23.0. The van der Waals surface area contributed by atoms with Crippen molar-refractivity contribution in [3.8, 4) is 0 Å². The van der Waals surface area contributed by atoms with Crippen LogP contribution in [0.25, 0.3) is 0 Å². The zero-order valence-corrected chi connectivity index (χ0v) is 37.4. The quantitative estimate of drug-likeness (QED) is 0.0200. The number of carbonyl (C=O) groups is 2. The molecule has 0 amide bonds. The smallest absolute Gasteiger partial charge is 0.306 e. The first-order chi connectivity index (χ1) is 28.5. The predicted molar refractivity (Wildman–Crippen MR) is 233 cm³/mol. The van der Waals surface area contributed by atoms with Crippen molar-refractivity contribution in [1.82, 2.24) is 0 Å². The highest BCUT2D eigenvalue weighted by molar-refractivity contribution is 7.85. The molecule has 4 N–H and O–H groups in total. The van der Waals surface area contributed by atoms with Gasteiger partial charge in [-0.05, 0) is 70.6 Å². The summed E-state index contributed by atoms with van der Waals surface area (Å²) in [7, 11) is -4.60. The van der Waals surface area contributed by atoms with Gasteiger partial charge in [-0.25, -0.2) is 0 Å². The Morgan fingerprint density at radius 2 is 1.02 bits per heavy atom. The second kappa shape index (κ2) is 36.5. The molecular formula is C46H82O12S. The molecule has 0 saturated carbocycles. The Hall–Kier alpha value is -2.13. The molecule has 1 rings (SSSR count). The van der Waals surface area contributed by atoms with Crippen molar-refractivity contribution in [2.75, 3.05) is 19.0 Å². The van der Waals surface area contributed by atoms with Gasteiger partial charge in [-0.1, -0.05) is 140 Å². The minimum absolute atomic E-state index is 0.154. The van der Waals surface area contributed by atoms with E-state index >= 15 is 0 Å². The molecule has 59 heavy (non-hydrogen) atoms. The van der Waals surface area contributed by atoms with Gasteiger partial charge in [0.05, 0.1) is 6.61 Å². The molecule has 0 aromatic carbocycles. The molecule has 1 heterocycles. The normalized spacial score (nSPS) is 20.5. The molecule has 1 aliphatic rings. The van der Waals surface area contributed by atoms with Crippen LogP contribution in [0.5, 0.6) is 0 Å². The topological polar surface area (TPSA) is 186 Å². The van der Waals surface area contributed by atoms with E-state index < -0.39 is 71.2 Å². The van der Waals surface area contributed by atoms with Crippen molar-refractivity contribution >= 4 is 22.1 Å². The molecular weight excluding hydrogens is 777 g/mol. The number of hydrogen-bond donors (Lipinski definition) is 4. The number of hydrogen-bond acceptors (Lipinski definition) is 11. The van der Waals surface area contributed by atoms with E-state index in [2.05, 4.69) is 50.3 Å². The molecule has 0 aromatic heterocycles. The first-order valence-corrected chi connectivity index (χ1v) is 24.7. The fourth-order valence-corrected chi connectivity index (χ4v) is 7.51. The van der Waals surface area contributed by atoms with E-state index in [1.54, 1.807) is 0 Å². The van der Waals surface area contributed by atoms with Crippen LogP contribution in [0.1, 0.15) is 187 Å². The molecule has 344 valence electrons. The number of aliphatic hydroxyl groups excluding tert-OH is 3. The molecule has 0 bridgehead atoms. The van der Waals surface area contributed by atoms with E-state index in [4.69, 9.17) is 18.9 Å². The van der Waals surface area contributed by atoms with Crippen molar-refractivity contribution in [2.45, 2.75) is 224 Å². The van der Waals surface area contributed by atoms with Crippen molar-refractivity contribution in [1.29, 1.82) is 0 Å². The van der Waals surface area contributed by atoms with Gasteiger partial charge < -0.3 is 34.3 Å². The van der Waals surface area contributed by atoms with E-state index in [9.17, 15) is 37.9 Å². The van der Waals surface area contributed by atoms with Crippen LogP contribution in [0.3, 0.4) is 0 Å². The first kappa shape index (κ1) is 54.9. The Bertz CT molecular complexity index is 1240. The summed E-state index contributed by atoms with van der Waals surface area (Å²) in [4.78, 5) is 25.4. The number of carbonyl (C=O) groups excluding carboxylic acids is 2. The summed E-state index contributed by atoms with van der Waals surface area (Å²) >= 11 is 0. The van der Waals surface area contributed by atoms with Crippen molar-refractivity contribution in [2.24, 2.45) is 0 Å². The zero-order valence-electron chi connectivity index (χ0n) is 36.6. The van der Waals surface area contributed by atoms with Gasteiger partial charge in [0, 0.05) is 12.8 Å². The Labute approximate surface area is 357 Å². The molecule has 6 atom stereocenters. The number of rotatable bonds is 38. The van der Waals surface area contributed by atoms with Gasteiger partial charge in [0.25, 0.3) is 10.1 Å². The lowest BCUT2D eigenvalue weighted by Gasteiger charge is -2.40. The standard InChI is InChI=1S/C46H82O12S/c1-3-5-7-9-11-13-15-17-18-19-20-21-23-25-27-29-31-33-35-42(48)57-39(37-56-46-45(51)44(50)43(49)40(58-46)38-59(52,53)54)36-55-41(47)34-32-30-28-26-24-22-16-14-12-10-8-6-4-2/h13-16,18-19,39-40,43-46,49-51H,3-12,17,20-38H2,1-2H3,(H,52,53,54)/b15-13-,16-14-,19-18-. The van der Waals surface area contributed by atoms with E-state index in [-0.39, 0.29) is 19.4 Å². The number of esters is 2. The lowest BCUT2D eigenvalue weighted by Crippen LogP contribution is -2.60. The van der Waals surface area contributed by atoms with Crippen molar-refractivity contribution in [3.63, 3.8) is 0 Å². The van der Waals surface area contributed by atoms with Gasteiger partial charge in [-0.3, -0.25) is 14.1 Å². The average molecular weight is 859 g/mol. The molecule has 1 fully saturated rings. The molecule has 0 aliphatic carbocycles. The Morgan fingerprint density at radius 1 is 0.576 bits per heavy atom. The fourth-order valence-electron chi connectivity index (χ4n) is 6.82. The molecule has 13 heteroatoms. The molecule has 1 aliphatic heterocycles. The van der Waals surface area contributed by atoms with Gasteiger partial charge in [-0.15, -0.1) is 0 Å². The van der Waals surface area contributed by atoms with Crippen LogP contribution in [-0.4, -0.2) is 96.0 Å². The van der Waals surface area contributed by atoms with Crippen LogP contribution < -0.4 is 0 Å². The highest BCUT2D eigenvalue weighted by Gasteiger charge is 2.46. The van der Waals surface area contributed by atoms with Crippen LogP contribution in [-0.2, 0) is 38.7 Å². The van der Waals surface area contributed by atoms with Gasteiger partial charge in [0.1, 0.15) is 36.8 Å². The van der Waals surface area contributed by atoms with E-state index in [0.717, 1.165) is 77.0 Å². The number of unbranched alkanes of at least 4 members (excludes halogenated alkanes) is 20. The Balaban J connectivity index is 2.45. The summed E-state index contributed by atoms with van der Waals surface area (Å²) in [5.74, 6) is -2.00. The highest BCUT2D eigenvalue weighted by Crippen LogP contribution is 2.24. The molecule has 0 spiro atoms. The maximum atomic E-state index is 12.8. The van der Waals surface area contributed by atoms with Gasteiger partial charge in [0.2, 0.25) is 0 Å². The van der Waals surface area contributed by atoms with E-state index in [1.165, 1.54) is 70.6 Å². The second-order valence-electron chi connectivity index (χ2n) is 16.1. The van der Waals surface area contributed by atoms with Gasteiger partial charge in [0.15, 0.2) is 12.4 Å². The van der Waals surface area contributed by atoms with Gasteiger partial charge >= 0.3 is 11.9 Å². The summed E-state index contributed by atoms with van der Waals surface area (Å²) in [6, 6.07) is 0. The Kier molecular flexibility index (Phi) is 34.0. The van der Waals surface area contributed by atoms with E-state index in [0.29, 0.717) is 12.8 Å². The number of aliphatic hydroxyl groups is 3. The Morgan fingerprint density at radius 3 is 1.51 bits per heavy atom. The predicted octanol–water partition coefficient (Wildman–Crippen LogP) is 9.39. The number of allylic oxidation sites excluding steroid dienone is 6. The molecule has 1 saturated heterocycles. The van der Waals surface area contributed by atoms with Crippen LogP contribution in [0.15, 0.2) is 36.5 Å². The summed E-state index contributed by atoms with van der Waals surface area (Å²) < 4.78 is 54.0. The zero-order chi connectivity index (χ0) is 43.4. The third-order valence-corrected chi connectivity index (χ3v) is 11.2. The highest BCUT2D eigenvalue weighted by atomic mass is 32.2. The second-order valence-corrected chi connectivity index (χ2v) is 17.6. The molecule has 0 aromatic rings. The maximum absolute atomic E-state index is 12.8. The van der Waals surface area contributed by atoms with Crippen molar-refractivity contribution in [3.05, 3.63) is 36.5 Å². The third kappa shape index (κ3) is 31.4. The maximum Gasteiger partial charge on any atom is 0.306 e. The van der Waals surface area contributed by atoms with Crippen LogP contribution in [0.4, 0.5) is 0 Å². The van der Waals surface area contributed by atoms with Gasteiger partial charge in [-0.2, -0.15) is 8.42 Å². The van der Waals surface area contributed by atoms with Crippen molar-refractivity contribution < 1.29 is 56.8 Å². The van der Waals surface area contributed by atoms with Crippen LogP contribution >= 0.6 is 0 Å². The minimum atomic E-state index is -4.60. The summed E-state index contributed by atoms with van der Waals surface area (Å²) in [5.41, 5.74) is 0. The largest absolute Gasteiger partial charge is 0.462 e.